The Morgan fingerprint density at radius 2 is 1.85 bits per heavy atom. The van der Waals surface area contributed by atoms with E-state index in [1.807, 2.05) is 12.1 Å². The molecule has 1 nitrogen and oxygen atoms in total. The summed E-state index contributed by atoms with van der Waals surface area (Å²) in [7, 11) is 0. The Labute approximate surface area is 120 Å². The van der Waals surface area contributed by atoms with Gasteiger partial charge in [0.1, 0.15) is 0 Å². The normalized spacial score (nSPS) is 13.1. The van der Waals surface area contributed by atoms with E-state index in [2.05, 4.69) is 38.1 Å². The van der Waals surface area contributed by atoms with Crippen molar-refractivity contribution in [3.05, 3.63) is 69.3 Å². The molecule has 100 valence electrons. The molecule has 0 amide bonds. The zero-order valence-electron chi connectivity index (χ0n) is 12.2. The third-order valence-electron chi connectivity index (χ3n) is 4.28. The quantitative estimate of drug-likeness (QED) is 0.792. The lowest BCUT2D eigenvalue weighted by Crippen LogP contribution is -1.98. The van der Waals surface area contributed by atoms with Gasteiger partial charge in [0.25, 0.3) is 0 Å². The van der Waals surface area contributed by atoms with Crippen molar-refractivity contribution in [1.29, 1.82) is 5.26 Å². The van der Waals surface area contributed by atoms with Crippen LogP contribution in [0.3, 0.4) is 0 Å². The lowest BCUT2D eigenvalue weighted by Gasteiger charge is -2.12. The molecule has 0 aromatic heterocycles. The second-order valence-electron chi connectivity index (χ2n) is 5.85. The lowest BCUT2D eigenvalue weighted by molar-refractivity contribution is 0.905. The van der Waals surface area contributed by atoms with Gasteiger partial charge in [-0.1, -0.05) is 18.2 Å². The van der Waals surface area contributed by atoms with Gasteiger partial charge in [0.15, 0.2) is 0 Å². The van der Waals surface area contributed by atoms with Crippen molar-refractivity contribution in [3.8, 4) is 6.07 Å². The van der Waals surface area contributed by atoms with Crippen molar-refractivity contribution in [2.75, 3.05) is 0 Å². The van der Waals surface area contributed by atoms with Crippen LogP contribution in [0.25, 0.3) is 0 Å². The van der Waals surface area contributed by atoms with Gasteiger partial charge in [0.05, 0.1) is 11.6 Å². The SMILES string of the molecule is Cc1cc(C#N)cc(Cc2ccc(C)c3c2CCC3)c1. The van der Waals surface area contributed by atoms with Crippen LogP contribution in [0, 0.1) is 25.2 Å². The summed E-state index contributed by atoms with van der Waals surface area (Å²) in [6.07, 6.45) is 4.67. The zero-order valence-corrected chi connectivity index (χ0v) is 12.2. The molecule has 2 aromatic rings. The van der Waals surface area contributed by atoms with Gasteiger partial charge < -0.3 is 0 Å². The van der Waals surface area contributed by atoms with E-state index in [1.165, 1.54) is 41.5 Å². The predicted molar refractivity (Wildman–Crippen MR) is 81.9 cm³/mol. The molecule has 1 heteroatoms. The minimum absolute atomic E-state index is 0.767. The van der Waals surface area contributed by atoms with Crippen LogP contribution in [0.2, 0.25) is 0 Å². The molecule has 1 aliphatic carbocycles. The third-order valence-corrected chi connectivity index (χ3v) is 4.28. The molecule has 0 saturated heterocycles. The van der Waals surface area contributed by atoms with E-state index in [-0.39, 0.29) is 0 Å². The minimum atomic E-state index is 0.767. The Morgan fingerprint density at radius 3 is 2.65 bits per heavy atom. The molecule has 0 saturated carbocycles. The molecule has 20 heavy (non-hydrogen) atoms. The number of rotatable bonds is 2. The molecule has 0 heterocycles. The molecule has 0 fully saturated rings. The van der Waals surface area contributed by atoms with Crippen LogP contribution in [-0.4, -0.2) is 0 Å². The molecule has 0 atom stereocenters. The number of nitriles is 1. The number of aryl methyl sites for hydroxylation is 2. The van der Waals surface area contributed by atoms with Crippen LogP contribution in [0.15, 0.2) is 30.3 Å². The van der Waals surface area contributed by atoms with E-state index in [4.69, 9.17) is 5.26 Å². The largest absolute Gasteiger partial charge is 0.192 e. The first-order chi connectivity index (χ1) is 9.67. The summed E-state index contributed by atoms with van der Waals surface area (Å²) >= 11 is 0. The van der Waals surface area contributed by atoms with Crippen molar-refractivity contribution in [3.63, 3.8) is 0 Å². The molecule has 1 aliphatic rings. The Morgan fingerprint density at radius 1 is 1.05 bits per heavy atom. The van der Waals surface area contributed by atoms with Crippen LogP contribution in [0.4, 0.5) is 0 Å². The van der Waals surface area contributed by atoms with Crippen molar-refractivity contribution in [2.24, 2.45) is 0 Å². The highest BCUT2D eigenvalue weighted by atomic mass is 14.2. The number of hydrogen-bond acceptors (Lipinski definition) is 1. The number of hydrogen-bond donors (Lipinski definition) is 0. The molecular weight excluding hydrogens is 242 g/mol. The van der Waals surface area contributed by atoms with Crippen LogP contribution in [-0.2, 0) is 19.3 Å². The van der Waals surface area contributed by atoms with Gasteiger partial charge >= 0.3 is 0 Å². The van der Waals surface area contributed by atoms with Gasteiger partial charge in [0.2, 0.25) is 0 Å². The van der Waals surface area contributed by atoms with Crippen LogP contribution >= 0.6 is 0 Å². The van der Waals surface area contributed by atoms with Crippen molar-refractivity contribution in [2.45, 2.75) is 39.5 Å². The minimum Gasteiger partial charge on any atom is -0.192 e. The first-order valence-electron chi connectivity index (χ1n) is 7.28. The van der Waals surface area contributed by atoms with Gasteiger partial charge in [-0.2, -0.15) is 5.26 Å². The molecule has 0 aliphatic heterocycles. The summed E-state index contributed by atoms with van der Waals surface area (Å²) in [6, 6.07) is 12.9. The van der Waals surface area contributed by atoms with Gasteiger partial charge in [-0.3, -0.25) is 0 Å². The van der Waals surface area contributed by atoms with Gasteiger partial charge in [0, 0.05) is 0 Å². The van der Waals surface area contributed by atoms with E-state index < -0.39 is 0 Å². The number of benzene rings is 2. The van der Waals surface area contributed by atoms with E-state index in [9.17, 15) is 0 Å². The summed E-state index contributed by atoms with van der Waals surface area (Å²) in [4.78, 5) is 0. The Hall–Kier alpha value is -2.07. The number of nitrogens with zero attached hydrogens (tertiary/aromatic N) is 1. The summed E-state index contributed by atoms with van der Waals surface area (Å²) < 4.78 is 0. The molecule has 0 unspecified atom stereocenters. The topological polar surface area (TPSA) is 23.8 Å². The van der Waals surface area contributed by atoms with Crippen molar-refractivity contribution < 1.29 is 0 Å². The molecule has 0 bridgehead atoms. The van der Waals surface area contributed by atoms with Crippen LogP contribution in [0.5, 0.6) is 0 Å². The highest BCUT2D eigenvalue weighted by molar-refractivity contribution is 5.46. The molecule has 3 rings (SSSR count). The van der Waals surface area contributed by atoms with Crippen LogP contribution < -0.4 is 0 Å². The van der Waals surface area contributed by atoms with E-state index in [0.29, 0.717) is 0 Å². The van der Waals surface area contributed by atoms with E-state index >= 15 is 0 Å². The van der Waals surface area contributed by atoms with Crippen LogP contribution in [0.1, 0.15) is 45.4 Å². The fourth-order valence-corrected chi connectivity index (χ4v) is 3.37. The maximum absolute atomic E-state index is 9.09. The molecule has 2 aromatic carbocycles. The Bertz CT molecular complexity index is 704. The predicted octanol–water partition coefficient (Wildman–Crippen LogP) is 4.25. The van der Waals surface area contributed by atoms with E-state index in [1.54, 1.807) is 11.1 Å². The highest BCUT2D eigenvalue weighted by Gasteiger charge is 2.16. The molecule has 0 radical (unpaired) electrons. The monoisotopic (exact) mass is 261 g/mol. The smallest absolute Gasteiger partial charge is 0.0991 e. The summed E-state index contributed by atoms with van der Waals surface area (Å²) in [6.45, 7) is 4.28. The summed E-state index contributed by atoms with van der Waals surface area (Å²) in [5, 5.41) is 9.09. The first kappa shape index (κ1) is 12.9. The maximum atomic E-state index is 9.09. The zero-order chi connectivity index (χ0) is 14.1. The Kier molecular flexibility index (Phi) is 3.32. The molecular formula is C19H19N. The van der Waals surface area contributed by atoms with Gasteiger partial charge in [-0.25, -0.2) is 0 Å². The van der Waals surface area contributed by atoms with Crippen molar-refractivity contribution in [1.82, 2.24) is 0 Å². The first-order valence-corrected chi connectivity index (χ1v) is 7.28. The second kappa shape index (κ2) is 5.13. The number of fused-ring (bicyclic) bond motifs is 1. The average Bonchev–Trinajstić information content (AvgIpc) is 2.92. The lowest BCUT2D eigenvalue weighted by atomic mass is 9.93. The third kappa shape index (κ3) is 2.34. The molecule has 0 spiro atoms. The summed E-state index contributed by atoms with van der Waals surface area (Å²) in [5.74, 6) is 0. The fraction of sp³-hybridized carbons (Fsp3) is 0.316. The standard InChI is InChI=1S/C19H19N/c1-13-8-15(10-16(9-13)12-20)11-17-7-6-14(2)18-4-3-5-19(17)18/h6-10H,3-5,11H2,1-2H3. The van der Waals surface area contributed by atoms with Gasteiger partial charge in [-0.05, 0) is 85.0 Å². The second-order valence-corrected chi connectivity index (χ2v) is 5.85. The van der Waals surface area contributed by atoms with Crippen molar-refractivity contribution >= 4 is 0 Å². The summed E-state index contributed by atoms with van der Waals surface area (Å²) in [5.41, 5.74) is 9.19. The average molecular weight is 261 g/mol. The maximum Gasteiger partial charge on any atom is 0.0991 e. The molecule has 0 N–H and O–H groups in total. The fourth-order valence-electron chi connectivity index (χ4n) is 3.37. The highest BCUT2D eigenvalue weighted by Crippen LogP contribution is 2.29. The Balaban J connectivity index is 1.99. The van der Waals surface area contributed by atoms with E-state index in [0.717, 1.165) is 12.0 Å². The van der Waals surface area contributed by atoms with Gasteiger partial charge in [-0.15, -0.1) is 0 Å².